The van der Waals surface area contributed by atoms with Crippen molar-refractivity contribution in [3.05, 3.63) is 75.8 Å². The quantitative estimate of drug-likeness (QED) is 0.297. The summed E-state index contributed by atoms with van der Waals surface area (Å²) in [5.41, 5.74) is 2.29. The Morgan fingerprint density at radius 2 is 1.91 bits per heavy atom. The number of anilines is 1. The lowest BCUT2D eigenvalue weighted by molar-refractivity contribution is -0.117. The van der Waals surface area contributed by atoms with Crippen molar-refractivity contribution >= 4 is 56.9 Å². The van der Waals surface area contributed by atoms with Gasteiger partial charge in [-0.25, -0.2) is 23.9 Å². The molecule has 2 atom stereocenters. The second kappa shape index (κ2) is 12.0. The maximum absolute atomic E-state index is 13.2. The number of rotatable bonds is 7. The molecule has 1 saturated heterocycles. The maximum Gasteiger partial charge on any atom is 0.263 e. The van der Waals surface area contributed by atoms with Crippen molar-refractivity contribution in [2.75, 3.05) is 18.0 Å². The number of nitrogens with one attached hydrogen (secondary N) is 1. The van der Waals surface area contributed by atoms with Crippen molar-refractivity contribution in [2.24, 2.45) is 5.41 Å². The first-order valence-corrected chi connectivity index (χ1v) is 16.8. The smallest absolute Gasteiger partial charge is 0.263 e. The Labute approximate surface area is 267 Å². The van der Waals surface area contributed by atoms with Crippen molar-refractivity contribution in [2.45, 2.75) is 74.2 Å². The molecule has 13 heteroatoms. The molecule has 1 aromatic carbocycles. The molecule has 1 spiro atoms. The molecule has 1 aliphatic heterocycles. The van der Waals surface area contributed by atoms with Crippen LogP contribution in [-0.2, 0) is 28.7 Å². The second-order valence-corrected chi connectivity index (χ2v) is 15.9. The molecule has 2 aliphatic rings. The van der Waals surface area contributed by atoms with E-state index in [0.717, 1.165) is 49.4 Å². The fourth-order valence-corrected chi connectivity index (χ4v) is 8.07. The van der Waals surface area contributed by atoms with Crippen molar-refractivity contribution in [1.29, 1.82) is 0 Å². The number of carbonyl (C=O) groups is 1. The number of carbonyl (C=O) groups excluding carboxylic acids is 1. The number of hydrogen-bond donors (Lipinski definition) is 1. The number of ketones is 1. The molecule has 0 amide bonds. The summed E-state index contributed by atoms with van der Waals surface area (Å²) < 4.78 is 17.6. The number of nitrogens with zero attached hydrogens (tertiary/aromatic N) is 6. The van der Waals surface area contributed by atoms with Gasteiger partial charge in [0.2, 0.25) is 0 Å². The summed E-state index contributed by atoms with van der Waals surface area (Å²) in [7, 11) is -1.20. The SMILES string of the molecule is CC(=O)Cn1cnc2ccc(Sc3cnc(N4CCC5(CC4)Cc4ncccc4[C@H]5NS(=O)C(C)(C)C)cn3)c(Cl)c2c1=O. The van der Waals surface area contributed by atoms with Crippen molar-refractivity contribution in [1.82, 2.24) is 29.2 Å². The van der Waals surface area contributed by atoms with Gasteiger partial charge in [0.25, 0.3) is 5.56 Å². The van der Waals surface area contributed by atoms with E-state index in [1.165, 1.54) is 29.6 Å². The molecule has 1 fully saturated rings. The minimum absolute atomic E-state index is 0.0215. The molecule has 0 bridgehead atoms. The highest BCUT2D eigenvalue weighted by Crippen LogP contribution is 2.52. The Morgan fingerprint density at radius 1 is 1.14 bits per heavy atom. The topological polar surface area (TPSA) is 123 Å². The molecule has 1 unspecified atom stereocenters. The molecule has 0 radical (unpaired) electrons. The van der Waals surface area contributed by atoms with Crippen LogP contribution in [0.15, 0.2) is 63.9 Å². The van der Waals surface area contributed by atoms with Gasteiger partial charge in [-0.05, 0) is 76.1 Å². The highest BCUT2D eigenvalue weighted by atomic mass is 35.5. The first kappa shape index (κ1) is 30.8. The van der Waals surface area contributed by atoms with Crippen molar-refractivity contribution in [3.63, 3.8) is 0 Å². The maximum atomic E-state index is 13.2. The van der Waals surface area contributed by atoms with E-state index in [9.17, 15) is 13.8 Å². The second-order valence-electron chi connectivity index (χ2n) is 12.5. The minimum Gasteiger partial charge on any atom is -0.355 e. The third-order valence-corrected chi connectivity index (χ3v) is 11.4. The van der Waals surface area contributed by atoms with Crippen LogP contribution < -0.4 is 15.2 Å². The summed E-state index contributed by atoms with van der Waals surface area (Å²) in [4.78, 5) is 45.8. The van der Waals surface area contributed by atoms with Crippen LogP contribution in [0.1, 0.15) is 57.8 Å². The highest BCUT2D eigenvalue weighted by Gasteiger charge is 2.49. The number of Topliss-reactive ketones (excluding diaryl/α,β-unsaturated/α-hetero) is 1. The number of aromatic nitrogens is 5. The molecule has 1 N–H and O–H groups in total. The van der Waals surface area contributed by atoms with Gasteiger partial charge < -0.3 is 4.90 Å². The van der Waals surface area contributed by atoms with Gasteiger partial charge in [-0.1, -0.05) is 29.4 Å². The van der Waals surface area contributed by atoms with Gasteiger partial charge in [0, 0.05) is 29.9 Å². The Balaban J connectivity index is 1.17. The Bertz CT molecular complexity index is 1820. The third kappa shape index (κ3) is 5.92. The molecule has 0 saturated carbocycles. The van der Waals surface area contributed by atoms with Gasteiger partial charge in [-0.2, -0.15) is 0 Å². The lowest BCUT2D eigenvalue weighted by Gasteiger charge is -2.44. The van der Waals surface area contributed by atoms with Gasteiger partial charge in [0.15, 0.2) is 0 Å². The van der Waals surface area contributed by atoms with E-state index in [1.807, 2.05) is 39.1 Å². The standard InChI is InChI=1S/C31H34ClN7O3S2/c1-19(40)17-39-18-36-21-7-8-23(27(32)26(21)29(39)41)43-25-16-34-24(15-35-25)38-12-9-31(10-13-38)14-22-20(6-5-11-33-22)28(31)37-44(42)30(2,3)4/h5-8,11,15-16,18,28,37H,9-10,12-14,17H2,1-4H3/t28-,44?/m1/s1. The van der Waals surface area contributed by atoms with E-state index in [-0.39, 0.29) is 44.5 Å². The molecular formula is C31H34ClN7O3S2. The molecule has 4 heterocycles. The van der Waals surface area contributed by atoms with E-state index in [4.69, 9.17) is 16.6 Å². The summed E-state index contributed by atoms with van der Waals surface area (Å²) >= 11 is 7.99. The van der Waals surface area contributed by atoms with Crippen molar-refractivity contribution in [3.8, 4) is 0 Å². The number of pyridine rings is 1. The minimum atomic E-state index is -1.20. The normalized spacial score (nSPS) is 18.5. The summed E-state index contributed by atoms with van der Waals surface area (Å²) in [6.45, 7) is 8.93. The largest absolute Gasteiger partial charge is 0.355 e. The Kier molecular flexibility index (Phi) is 8.38. The fourth-order valence-electron chi connectivity index (χ4n) is 6.00. The summed E-state index contributed by atoms with van der Waals surface area (Å²) in [6, 6.07) is 7.60. The molecule has 230 valence electrons. The van der Waals surface area contributed by atoms with E-state index in [1.54, 1.807) is 18.5 Å². The molecule has 44 heavy (non-hydrogen) atoms. The van der Waals surface area contributed by atoms with E-state index >= 15 is 0 Å². The predicted molar refractivity (Wildman–Crippen MR) is 173 cm³/mol. The van der Waals surface area contributed by atoms with Crippen LogP contribution in [0.25, 0.3) is 10.9 Å². The number of benzene rings is 1. The van der Waals surface area contributed by atoms with Crippen LogP contribution >= 0.6 is 23.4 Å². The fraction of sp³-hybridized carbons (Fsp3) is 0.419. The van der Waals surface area contributed by atoms with Gasteiger partial charge in [-0.15, -0.1) is 0 Å². The zero-order chi connectivity index (χ0) is 31.2. The zero-order valence-corrected chi connectivity index (χ0v) is 27.4. The molecule has 4 aromatic rings. The van der Waals surface area contributed by atoms with Gasteiger partial charge in [0.1, 0.15) is 16.6 Å². The number of halogens is 1. The summed E-state index contributed by atoms with van der Waals surface area (Å²) in [6.07, 6.45) is 9.37. The molecule has 3 aromatic heterocycles. The van der Waals surface area contributed by atoms with Crippen LogP contribution in [0.4, 0.5) is 5.82 Å². The molecule has 6 rings (SSSR count). The third-order valence-electron chi connectivity index (χ3n) is 8.35. The average Bonchev–Trinajstić information content (AvgIpc) is 3.28. The Hall–Kier alpha value is -3.19. The van der Waals surface area contributed by atoms with E-state index < -0.39 is 11.0 Å². The van der Waals surface area contributed by atoms with Crippen LogP contribution in [0.3, 0.4) is 0 Å². The van der Waals surface area contributed by atoms with Gasteiger partial charge >= 0.3 is 0 Å². The lowest BCUT2D eigenvalue weighted by Crippen LogP contribution is -2.48. The van der Waals surface area contributed by atoms with Crippen molar-refractivity contribution < 1.29 is 9.00 Å². The number of hydrogen-bond acceptors (Lipinski definition) is 9. The van der Waals surface area contributed by atoms with Crippen LogP contribution in [0.5, 0.6) is 0 Å². The summed E-state index contributed by atoms with van der Waals surface area (Å²) in [5.74, 6) is 0.648. The summed E-state index contributed by atoms with van der Waals surface area (Å²) in [5, 5.41) is 1.19. The van der Waals surface area contributed by atoms with Gasteiger partial charge in [0.05, 0.1) is 63.0 Å². The lowest BCUT2D eigenvalue weighted by atomic mass is 9.73. The van der Waals surface area contributed by atoms with Gasteiger partial charge in [-0.3, -0.25) is 19.1 Å². The monoisotopic (exact) mass is 651 g/mol. The first-order chi connectivity index (χ1) is 20.9. The highest BCUT2D eigenvalue weighted by molar-refractivity contribution is 7.99. The predicted octanol–water partition coefficient (Wildman–Crippen LogP) is 4.91. The molecule has 10 nitrogen and oxygen atoms in total. The zero-order valence-electron chi connectivity index (χ0n) is 25.0. The molecule has 1 aliphatic carbocycles. The Morgan fingerprint density at radius 3 is 2.59 bits per heavy atom. The van der Waals surface area contributed by atoms with Crippen LogP contribution in [0.2, 0.25) is 5.02 Å². The van der Waals surface area contributed by atoms with E-state index in [2.05, 4.69) is 30.6 Å². The van der Waals surface area contributed by atoms with E-state index in [0.29, 0.717) is 15.4 Å². The average molecular weight is 652 g/mol. The van der Waals surface area contributed by atoms with Crippen LogP contribution in [-0.4, -0.2) is 52.3 Å². The molecular weight excluding hydrogens is 618 g/mol. The number of piperidine rings is 1. The number of fused-ring (bicyclic) bond motifs is 2. The van der Waals surface area contributed by atoms with Crippen LogP contribution in [0, 0.1) is 5.41 Å². The first-order valence-electron chi connectivity index (χ1n) is 14.5.